The van der Waals surface area contributed by atoms with Gasteiger partial charge in [-0.25, -0.2) is 49.5 Å². The van der Waals surface area contributed by atoms with Gasteiger partial charge in [-0.05, 0) is 142 Å². The first-order valence-electron chi connectivity index (χ1n) is 22.7. The Balaban J connectivity index is 0.000000128. The van der Waals surface area contributed by atoms with Crippen molar-refractivity contribution in [1.29, 1.82) is 0 Å². The summed E-state index contributed by atoms with van der Waals surface area (Å²) >= 11 is 35.6. The fourth-order valence-electron chi connectivity index (χ4n) is 7.75. The van der Waals surface area contributed by atoms with Crippen LogP contribution in [0.4, 0.5) is 5.82 Å². The Morgan fingerprint density at radius 1 is 0.544 bits per heavy atom. The van der Waals surface area contributed by atoms with Crippen LogP contribution >= 0.6 is 89.9 Å². The fourth-order valence-corrected chi connectivity index (χ4v) is 9.58. The fraction of sp³-hybridized carbons (Fsp3) is 0.0769. The van der Waals surface area contributed by atoms with Gasteiger partial charge in [-0.2, -0.15) is 15.0 Å². The number of hydrogen-bond acceptors (Lipinski definition) is 17. The van der Waals surface area contributed by atoms with Gasteiger partial charge in [0.15, 0.2) is 22.7 Å². The van der Waals surface area contributed by atoms with E-state index in [1.54, 1.807) is 55.0 Å². The molecule has 79 heavy (non-hydrogen) atoms. The number of fused-ring (bicyclic) bond motifs is 6. The molecule has 0 fully saturated rings. The number of rotatable bonds is 2. The number of carbonyl (C=O) groups excluding carboxylic acids is 2. The first kappa shape index (κ1) is 57.3. The highest BCUT2D eigenvalue weighted by molar-refractivity contribution is 9.10. The number of H-pyrrole nitrogens is 2. The summed E-state index contributed by atoms with van der Waals surface area (Å²) in [5.41, 5.74) is 11.2. The normalized spacial score (nSPS) is 12.8. The molecule has 5 N–H and O–H groups in total. The van der Waals surface area contributed by atoms with E-state index in [9.17, 15) is 24.0 Å². The van der Waals surface area contributed by atoms with E-state index in [1.807, 2.05) is 48.5 Å². The van der Waals surface area contributed by atoms with Crippen molar-refractivity contribution in [2.75, 3.05) is 5.73 Å². The minimum absolute atomic E-state index is 0.0440. The van der Waals surface area contributed by atoms with E-state index >= 15 is 0 Å². The molecule has 13 rings (SSSR count). The molecule has 0 saturated heterocycles. The van der Waals surface area contributed by atoms with Crippen molar-refractivity contribution in [3.05, 3.63) is 217 Å². The van der Waals surface area contributed by atoms with Crippen LogP contribution in [0.25, 0.3) is 44.1 Å². The van der Waals surface area contributed by atoms with Gasteiger partial charge in [0, 0.05) is 64.6 Å². The number of aromatic nitrogens is 13. The smallest absolute Gasteiger partial charge is 0.339 e. The molecule has 2 aromatic carbocycles. The number of aromatic amines is 2. The number of nitrogens with zero attached hydrogens (tertiary/aromatic N) is 11. The summed E-state index contributed by atoms with van der Waals surface area (Å²) in [4.78, 5) is 104. The number of anilines is 1. The van der Waals surface area contributed by atoms with Gasteiger partial charge in [-0.3, -0.25) is 24.4 Å². The molecule has 396 valence electrons. The summed E-state index contributed by atoms with van der Waals surface area (Å²) in [6, 6.07) is 28.9. The maximum absolute atomic E-state index is 12.6. The Bertz CT molecular complexity index is 4180. The third kappa shape index (κ3) is 14.7. The molecule has 2 aliphatic carbocycles. The Labute approximate surface area is 486 Å². The average Bonchev–Trinajstić information content (AvgIpc) is 4.13. The highest BCUT2D eigenvalue weighted by atomic mass is 79.9. The van der Waals surface area contributed by atoms with Gasteiger partial charge in [-0.15, -0.1) is 0 Å². The highest BCUT2D eigenvalue weighted by Gasteiger charge is 2.35. The summed E-state index contributed by atoms with van der Waals surface area (Å²) in [5, 5.41) is 12.0. The van der Waals surface area contributed by atoms with E-state index in [0.717, 1.165) is 25.5 Å². The van der Waals surface area contributed by atoms with Crippen LogP contribution in [-0.2, 0) is 28.9 Å². The second-order valence-electron chi connectivity index (χ2n) is 16.3. The number of nitrogen functional groups attached to an aromatic ring is 1. The number of nitrogens with one attached hydrogen (secondary N) is 2. The summed E-state index contributed by atoms with van der Waals surface area (Å²) in [5.74, 6) is -0.966. The van der Waals surface area contributed by atoms with E-state index in [1.165, 1.54) is 35.7 Å². The number of halogens is 7. The molecule has 2 aliphatic rings. The molecular weight excluding hydrogens is 1250 g/mol. The van der Waals surface area contributed by atoms with Crippen LogP contribution in [0, 0.1) is 0 Å². The van der Waals surface area contributed by atoms with E-state index in [-0.39, 0.29) is 33.0 Å². The summed E-state index contributed by atoms with van der Waals surface area (Å²) < 4.78 is 2.00. The predicted octanol–water partition coefficient (Wildman–Crippen LogP) is 10.5. The van der Waals surface area contributed by atoms with Gasteiger partial charge in [0.2, 0.25) is 15.9 Å². The molecule has 0 spiro atoms. The van der Waals surface area contributed by atoms with Crippen LogP contribution < -0.4 is 17.0 Å². The predicted molar refractivity (Wildman–Crippen MR) is 307 cm³/mol. The molecule has 0 radical (unpaired) electrons. The van der Waals surface area contributed by atoms with E-state index in [0.29, 0.717) is 79.8 Å². The van der Waals surface area contributed by atoms with Gasteiger partial charge in [0.25, 0.3) is 5.56 Å². The van der Waals surface area contributed by atoms with Gasteiger partial charge < -0.3 is 10.8 Å². The summed E-state index contributed by atoms with van der Waals surface area (Å²) in [7, 11) is 0. The Kier molecular flexibility index (Phi) is 19.0. The number of aromatic carboxylic acids is 1. The summed E-state index contributed by atoms with van der Waals surface area (Å²) in [6.45, 7) is 0. The lowest BCUT2D eigenvalue weighted by Gasteiger charge is -2.13. The number of benzene rings is 2. The SMILES string of the molecule is Clc1nc(Cl)c2cccnc2n1.Clc1nc(Cl)c2cccnc2n1.Nc1ncccc1C(=O)O.O=C1Cc2ccc(Br)cc2C1.O=C1Cc2ccc(Br)cc2C1c1nc(Cl)nc2ncccc12.O=c1[nH]c(=O)c2cccnc2[nH]1. The number of ketones is 2. The van der Waals surface area contributed by atoms with Crippen LogP contribution in [0.3, 0.4) is 0 Å². The minimum Gasteiger partial charge on any atom is -0.478 e. The number of hydrogen-bond donors (Lipinski definition) is 4. The number of Topliss-reactive ketones (excluding diaryl/α,β-unsaturated/α-hetero) is 2. The maximum Gasteiger partial charge on any atom is 0.339 e. The lowest BCUT2D eigenvalue weighted by atomic mass is 9.95. The van der Waals surface area contributed by atoms with Gasteiger partial charge in [0.1, 0.15) is 33.1 Å². The zero-order chi connectivity index (χ0) is 56.3. The topological polar surface area (TPSA) is 305 Å². The van der Waals surface area contributed by atoms with Gasteiger partial charge >= 0.3 is 11.7 Å². The second kappa shape index (κ2) is 26.2. The first-order valence-corrected chi connectivity index (χ1v) is 26.2. The largest absolute Gasteiger partial charge is 0.478 e. The molecule has 11 aromatic rings. The molecule has 20 nitrogen and oxygen atoms in total. The monoisotopic (exact) mass is 1280 g/mol. The lowest BCUT2D eigenvalue weighted by molar-refractivity contribution is -0.118. The quantitative estimate of drug-likeness (QED) is 0.0923. The number of pyridine rings is 5. The third-order valence-electron chi connectivity index (χ3n) is 11.2. The van der Waals surface area contributed by atoms with Crippen molar-refractivity contribution >= 4 is 157 Å². The molecule has 0 amide bonds. The molecule has 0 aliphatic heterocycles. The van der Waals surface area contributed by atoms with Crippen LogP contribution in [-0.4, -0.2) is 87.4 Å². The molecule has 9 aromatic heterocycles. The zero-order valence-corrected chi connectivity index (χ0v) is 46.9. The molecule has 0 saturated carbocycles. The Hall–Kier alpha value is -7.83. The van der Waals surface area contributed by atoms with Crippen molar-refractivity contribution < 1.29 is 19.5 Å². The van der Waals surface area contributed by atoms with Crippen LogP contribution in [0.1, 0.15) is 44.2 Å². The molecule has 1 unspecified atom stereocenters. The van der Waals surface area contributed by atoms with Crippen molar-refractivity contribution in [3.8, 4) is 0 Å². The van der Waals surface area contributed by atoms with E-state index < -0.39 is 23.1 Å². The molecular formula is C52H33Br2Cl5N14O6. The number of carboxylic acids is 1. The van der Waals surface area contributed by atoms with E-state index in [4.69, 9.17) is 68.8 Å². The van der Waals surface area contributed by atoms with Crippen molar-refractivity contribution in [3.63, 3.8) is 0 Å². The Morgan fingerprint density at radius 2 is 1.04 bits per heavy atom. The number of nitrogens with two attached hydrogens (primary N) is 1. The maximum atomic E-state index is 12.6. The van der Waals surface area contributed by atoms with E-state index in [2.05, 4.69) is 96.7 Å². The van der Waals surface area contributed by atoms with Crippen molar-refractivity contribution in [1.82, 2.24) is 64.8 Å². The van der Waals surface area contributed by atoms with Crippen LogP contribution in [0.2, 0.25) is 26.2 Å². The lowest BCUT2D eigenvalue weighted by Crippen LogP contribution is -2.22. The average molecular weight is 1290 g/mol. The minimum atomic E-state index is -1.05. The number of carbonyl (C=O) groups is 3. The standard InChI is InChI=1S/C16H9BrClN3O.C9H7BrO.2C7H3Cl2N3.C7H5N3O2.C6H6N2O2/c17-9-4-3-8-6-12(22)13(11(8)7-9)14-10-2-1-5-19-15(10)21-16(18)20-14;10-8-2-1-6-4-9(11)5-7(6)3-8;2*8-5-4-2-1-3-10-6(4)12-7(9)11-5;11-6-4-2-1-3-8-5(4)9-7(12)10-6;7-5-4(6(9)10)2-1-3-8-5/h1-5,7,13H,6H2;1-3H,4-5H2;2*1-3H;1-3H,(H2,8,9,10,11,12);1-3H,(H2,7,8)(H,9,10). The van der Waals surface area contributed by atoms with Crippen LogP contribution in [0.15, 0.2) is 147 Å². The van der Waals surface area contributed by atoms with Crippen molar-refractivity contribution in [2.45, 2.75) is 25.2 Å². The summed E-state index contributed by atoms with van der Waals surface area (Å²) in [6.07, 6.45) is 9.52. The number of carboxylic acid groups (broad SMARTS) is 1. The first-order chi connectivity index (χ1) is 37.9. The Morgan fingerprint density at radius 3 is 1.62 bits per heavy atom. The highest BCUT2D eigenvalue weighted by Crippen LogP contribution is 2.39. The van der Waals surface area contributed by atoms with Crippen LogP contribution in [0.5, 0.6) is 0 Å². The molecule has 27 heteroatoms. The second-order valence-corrected chi connectivity index (χ2v) is 19.9. The van der Waals surface area contributed by atoms with Gasteiger partial charge in [-0.1, -0.05) is 67.2 Å². The van der Waals surface area contributed by atoms with Crippen molar-refractivity contribution in [2.24, 2.45) is 0 Å². The molecule has 1 atom stereocenters. The molecule has 9 heterocycles. The van der Waals surface area contributed by atoms with Gasteiger partial charge in [0.05, 0.1) is 27.8 Å². The molecule has 0 bridgehead atoms. The third-order valence-corrected chi connectivity index (χ3v) is 13.2. The zero-order valence-electron chi connectivity index (χ0n) is 40.0.